The number of carboxylic acids is 3. The zero-order valence-electron chi connectivity index (χ0n) is 24.8. The molecule has 3 unspecified atom stereocenters. The predicted octanol–water partition coefficient (Wildman–Crippen LogP) is 6.49. The smallest absolute Gasteiger partial charge is 0.362 e. The number of rotatable bonds is 26. The van der Waals surface area contributed by atoms with E-state index in [0.717, 1.165) is 19.3 Å². The summed E-state index contributed by atoms with van der Waals surface area (Å²) >= 11 is 0. The molecule has 222 valence electrons. The molecule has 7 nitrogen and oxygen atoms in total. The lowest BCUT2D eigenvalue weighted by molar-refractivity contribution is -0.970. The van der Waals surface area contributed by atoms with Crippen LogP contribution in [0.5, 0.6) is 0 Å². The van der Waals surface area contributed by atoms with Gasteiger partial charge >= 0.3 is 11.9 Å². The molecule has 38 heavy (non-hydrogen) atoms. The molecule has 3 atom stereocenters. The van der Waals surface area contributed by atoms with Gasteiger partial charge in [-0.05, 0) is 31.8 Å². The molecule has 0 amide bonds. The molecular weight excluding hydrogens is 482 g/mol. The van der Waals surface area contributed by atoms with E-state index in [4.69, 9.17) is 0 Å². The number of aliphatic carboxylic acids is 3. The summed E-state index contributed by atoms with van der Waals surface area (Å²) in [6.45, 7) is 7.81. The van der Waals surface area contributed by atoms with Gasteiger partial charge in [0.1, 0.15) is 6.04 Å². The van der Waals surface area contributed by atoms with Gasteiger partial charge in [-0.2, -0.15) is 0 Å². The first-order chi connectivity index (χ1) is 18.2. The number of hydrogen-bond donors (Lipinski definition) is 2. The summed E-state index contributed by atoms with van der Waals surface area (Å²) in [5, 5.41) is 32.8. The fourth-order valence-electron chi connectivity index (χ4n) is 5.85. The number of carbonyl (C=O) groups is 3. The summed E-state index contributed by atoms with van der Waals surface area (Å²) in [6.07, 6.45) is 20.6. The fourth-order valence-corrected chi connectivity index (χ4v) is 5.85. The van der Waals surface area contributed by atoms with Crippen LogP contribution in [-0.2, 0) is 14.4 Å². The Bertz CT molecular complexity index is 617. The maximum Gasteiger partial charge on any atom is 0.362 e. The Morgan fingerprint density at radius 2 is 1.00 bits per heavy atom. The molecular formula is C31H57NO6. The number of unbranched alkanes of at least 4 members (excludes halogenated alkanes) is 11. The highest BCUT2D eigenvalue weighted by atomic mass is 16.4. The maximum atomic E-state index is 12.5. The molecule has 0 aliphatic heterocycles. The van der Waals surface area contributed by atoms with Gasteiger partial charge in [0, 0.05) is 19.3 Å². The molecule has 0 aliphatic carbocycles. The first kappa shape index (κ1) is 36.1. The first-order valence-corrected chi connectivity index (χ1v) is 15.4. The van der Waals surface area contributed by atoms with Crippen LogP contribution in [0.4, 0.5) is 0 Å². The van der Waals surface area contributed by atoms with Crippen molar-refractivity contribution < 1.29 is 34.2 Å². The topological polar surface area (TPSA) is 115 Å². The van der Waals surface area contributed by atoms with Gasteiger partial charge in [-0.15, -0.1) is 0 Å². The molecule has 0 aromatic heterocycles. The van der Waals surface area contributed by atoms with E-state index in [1.54, 1.807) is 0 Å². The SMILES string of the molecule is CCCCCCCCCCCCC/C=C/C[N+](C(CCC)C(=O)[O-])(C(CCC)C(=O)O)C(CCC)C(=O)O. The van der Waals surface area contributed by atoms with Crippen LogP contribution in [0.2, 0.25) is 0 Å². The van der Waals surface area contributed by atoms with Crippen LogP contribution < -0.4 is 5.11 Å². The molecule has 2 N–H and O–H groups in total. The zero-order valence-corrected chi connectivity index (χ0v) is 24.8. The van der Waals surface area contributed by atoms with Crippen molar-refractivity contribution in [3.63, 3.8) is 0 Å². The van der Waals surface area contributed by atoms with E-state index in [2.05, 4.69) is 6.92 Å². The van der Waals surface area contributed by atoms with Gasteiger partial charge in [0.15, 0.2) is 12.1 Å². The van der Waals surface area contributed by atoms with Crippen molar-refractivity contribution in [2.75, 3.05) is 6.54 Å². The monoisotopic (exact) mass is 539 g/mol. The van der Waals surface area contributed by atoms with Gasteiger partial charge < -0.3 is 20.1 Å². The Morgan fingerprint density at radius 1 is 0.605 bits per heavy atom. The molecule has 0 aromatic carbocycles. The standard InChI is InChI=1S/C31H57NO6/c1-5-9-10-11-12-13-14-15-16-17-18-19-20-21-25-32(26(22-6-2)29(33)34,27(23-7-3)30(35)36)28(24-8-4)31(37)38/h20-21,26-28H,5-19,22-25H2,1-4H3,(H2-,33,34,35,36,37,38)/b21-20+. The molecule has 0 heterocycles. The van der Waals surface area contributed by atoms with Crippen LogP contribution in [0, 0.1) is 0 Å². The van der Waals surface area contributed by atoms with Crippen molar-refractivity contribution in [1.82, 2.24) is 0 Å². The minimum atomic E-state index is -1.37. The number of nitrogens with zero attached hydrogens (tertiary/aromatic N) is 1. The minimum absolute atomic E-state index is 0.0601. The summed E-state index contributed by atoms with van der Waals surface area (Å²) < 4.78 is -0.517. The normalized spacial score (nSPS) is 15.7. The van der Waals surface area contributed by atoms with Crippen molar-refractivity contribution in [2.45, 2.75) is 161 Å². The van der Waals surface area contributed by atoms with Crippen LogP contribution in [0.1, 0.15) is 143 Å². The summed E-state index contributed by atoms with van der Waals surface area (Å²) in [5.41, 5.74) is 0. The van der Waals surface area contributed by atoms with Crippen LogP contribution in [0.25, 0.3) is 0 Å². The highest BCUT2D eigenvalue weighted by Gasteiger charge is 2.54. The lowest BCUT2D eigenvalue weighted by atomic mass is 9.92. The highest BCUT2D eigenvalue weighted by molar-refractivity contribution is 5.77. The molecule has 0 rings (SSSR count). The summed E-state index contributed by atoms with van der Waals surface area (Å²) in [5.74, 6) is -3.65. The second-order valence-corrected chi connectivity index (χ2v) is 10.9. The van der Waals surface area contributed by atoms with E-state index in [9.17, 15) is 29.7 Å². The van der Waals surface area contributed by atoms with E-state index in [-0.39, 0.29) is 25.8 Å². The molecule has 0 saturated heterocycles. The Hall–Kier alpha value is -1.89. The Morgan fingerprint density at radius 3 is 1.37 bits per heavy atom. The van der Waals surface area contributed by atoms with E-state index < -0.39 is 40.5 Å². The van der Waals surface area contributed by atoms with Crippen molar-refractivity contribution in [2.24, 2.45) is 0 Å². The average molecular weight is 540 g/mol. The molecule has 0 fully saturated rings. The maximum absolute atomic E-state index is 12.5. The predicted molar refractivity (Wildman–Crippen MR) is 152 cm³/mol. The molecule has 0 saturated carbocycles. The van der Waals surface area contributed by atoms with Crippen LogP contribution >= 0.6 is 0 Å². The second kappa shape index (κ2) is 22.0. The number of carbonyl (C=O) groups excluding carboxylic acids is 1. The quantitative estimate of drug-likeness (QED) is 0.0738. The number of allylic oxidation sites excluding steroid dienone is 1. The van der Waals surface area contributed by atoms with Gasteiger partial charge in [-0.25, -0.2) is 9.59 Å². The Labute approximate surface area is 232 Å². The lowest BCUT2D eigenvalue weighted by Crippen LogP contribution is -2.73. The van der Waals surface area contributed by atoms with E-state index in [1.165, 1.54) is 57.8 Å². The fraction of sp³-hybridized carbons (Fsp3) is 0.839. The van der Waals surface area contributed by atoms with Crippen LogP contribution in [-0.4, -0.2) is 57.3 Å². The van der Waals surface area contributed by atoms with Crippen molar-refractivity contribution >= 4 is 17.9 Å². The molecule has 0 aliphatic rings. The van der Waals surface area contributed by atoms with Crippen molar-refractivity contribution in [1.29, 1.82) is 0 Å². The largest absolute Gasteiger partial charge is 0.544 e. The third-order valence-corrected chi connectivity index (χ3v) is 7.83. The number of quaternary nitrogens is 1. The summed E-state index contributed by atoms with van der Waals surface area (Å²) in [7, 11) is 0. The van der Waals surface area contributed by atoms with Gasteiger partial charge in [0.2, 0.25) is 0 Å². The molecule has 0 spiro atoms. The molecule has 0 aromatic rings. The van der Waals surface area contributed by atoms with Crippen LogP contribution in [0.3, 0.4) is 0 Å². The summed E-state index contributed by atoms with van der Waals surface area (Å²) in [4.78, 5) is 37.4. The van der Waals surface area contributed by atoms with Gasteiger partial charge in [0.05, 0.1) is 12.5 Å². The van der Waals surface area contributed by atoms with Gasteiger partial charge in [-0.3, -0.25) is 4.48 Å². The molecule has 0 radical (unpaired) electrons. The molecule has 0 bridgehead atoms. The average Bonchev–Trinajstić information content (AvgIpc) is 2.87. The second-order valence-electron chi connectivity index (χ2n) is 10.9. The van der Waals surface area contributed by atoms with Crippen molar-refractivity contribution in [3.05, 3.63) is 12.2 Å². The third-order valence-electron chi connectivity index (χ3n) is 7.83. The van der Waals surface area contributed by atoms with E-state index in [1.807, 2.05) is 32.9 Å². The van der Waals surface area contributed by atoms with E-state index >= 15 is 0 Å². The molecule has 7 heteroatoms. The summed E-state index contributed by atoms with van der Waals surface area (Å²) in [6, 6.07) is -3.46. The van der Waals surface area contributed by atoms with Crippen LogP contribution in [0.15, 0.2) is 12.2 Å². The zero-order chi connectivity index (χ0) is 28.8. The lowest BCUT2D eigenvalue weighted by Gasteiger charge is -2.51. The van der Waals surface area contributed by atoms with Gasteiger partial charge in [-0.1, -0.05) is 104 Å². The first-order valence-electron chi connectivity index (χ1n) is 15.4. The number of hydrogen-bond acceptors (Lipinski definition) is 4. The Balaban J connectivity index is 5.45. The third kappa shape index (κ3) is 12.8. The minimum Gasteiger partial charge on any atom is -0.544 e. The highest BCUT2D eigenvalue weighted by Crippen LogP contribution is 2.33. The van der Waals surface area contributed by atoms with Crippen molar-refractivity contribution in [3.8, 4) is 0 Å². The van der Waals surface area contributed by atoms with Gasteiger partial charge in [0.25, 0.3) is 0 Å². The van der Waals surface area contributed by atoms with E-state index in [0.29, 0.717) is 19.3 Å². The Kier molecular flexibility index (Phi) is 20.9. The number of carboxylic acid groups (broad SMARTS) is 3.